The number of rotatable bonds is 5. The van der Waals surface area contributed by atoms with Gasteiger partial charge in [-0.25, -0.2) is 0 Å². The molecule has 76 valence electrons. The first-order chi connectivity index (χ1) is 6.73. The lowest BCUT2D eigenvalue weighted by Gasteiger charge is -2.25. The van der Waals surface area contributed by atoms with Gasteiger partial charge in [0.25, 0.3) is 0 Å². The summed E-state index contributed by atoms with van der Waals surface area (Å²) in [6.07, 6.45) is 3.00. The van der Waals surface area contributed by atoms with Crippen LogP contribution in [0.1, 0.15) is 6.42 Å². The van der Waals surface area contributed by atoms with Crippen molar-refractivity contribution < 1.29 is 4.43 Å². The smallest absolute Gasteiger partial charge is 0.220 e. The maximum atomic E-state index is 5.72. The lowest BCUT2D eigenvalue weighted by atomic mass is 10.4. The van der Waals surface area contributed by atoms with Gasteiger partial charge < -0.3 is 4.43 Å². The van der Waals surface area contributed by atoms with Crippen LogP contribution >= 0.6 is 0 Å². The molecule has 0 N–H and O–H groups in total. The summed E-state index contributed by atoms with van der Waals surface area (Å²) in [5, 5.41) is 1.37. The Bertz CT molecular complexity index is 284. The first-order valence-corrected chi connectivity index (χ1v) is 7.56. The summed E-state index contributed by atoms with van der Waals surface area (Å²) in [6.45, 7) is 6.01. The van der Waals surface area contributed by atoms with E-state index in [1.54, 1.807) is 0 Å². The Morgan fingerprint density at radius 1 is 1.36 bits per heavy atom. The van der Waals surface area contributed by atoms with E-state index in [0.29, 0.717) is 0 Å². The lowest BCUT2D eigenvalue weighted by Crippen LogP contribution is -2.46. The van der Waals surface area contributed by atoms with E-state index >= 15 is 0 Å². The van der Waals surface area contributed by atoms with Crippen LogP contribution in [-0.2, 0) is 4.43 Å². The Balaban J connectivity index is 2.84. The van der Waals surface area contributed by atoms with Crippen molar-refractivity contribution in [1.82, 2.24) is 0 Å². The van der Waals surface area contributed by atoms with Crippen molar-refractivity contribution in [1.29, 1.82) is 0 Å². The van der Waals surface area contributed by atoms with Crippen LogP contribution in [-0.4, -0.2) is 15.4 Å². The van der Waals surface area contributed by atoms with Crippen molar-refractivity contribution in [3.8, 4) is 0 Å². The summed E-state index contributed by atoms with van der Waals surface area (Å²) in [5.41, 5.74) is 0. The molecular weight excluding hydrogens is 188 g/mol. The predicted molar refractivity (Wildman–Crippen MR) is 64.3 cm³/mol. The second-order valence-electron chi connectivity index (χ2n) is 3.63. The number of allylic oxidation sites excluding steroid dienone is 1. The summed E-state index contributed by atoms with van der Waals surface area (Å²) >= 11 is 0. The molecule has 1 nitrogen and oxygen atoms in total. The molecule has 0 heterocycles. The highest BCUT2D eigenvalue weighted by Crippen LogP contribution is 2.13. The Morgan fingerprint density at radius 2 is 2.00 bits per heavy atom. The van der Waals surface area contributed by atoms with Crippen molar-refractivity contribution in [3.63, 3.8) is 0 Å². The first kappa shape index (κ1) is 11.2. The molecule has 1 rings (SSSR count). The van der Waals surface area contributed by atoms with Crippen molar-refractivity contribution in [2.24, 2.45) is 0 Å². The van der Waals surface area contributed by atoms with Crippen LogP contribution in [0.5, 0.6) is 0 Å². The molecule has 0 aliphatic rings. The number of benzene rings is 1. The summed E-state index contributed by atoms with van der Waals surface area (Å²) in [7, 11) is 0.130. The Morgan fingerprint density at radius 3 is 2.50 bits per heavy atom. The van der Waals surface area contributed by atoms with Crippen LogP contribution in [0.3, 0.4) is 0 Å². The van der Waals surface area contributed by atoms with E-state index in [1.165, 1.54) is 5.19 Å². The molecule has 0 fully saturated rings. The van der Waals surface area contributed by atoms with E-state index in [1.807, 2.05) is 19.3 Å². The van der Waals surface area contributed by atoms with Crippen LogP contribution < -0.4 is 5.19 Å². The minimum absolute atomic E-state index is 1.03. The molecule has 0 bridgehead atoms. The number of hydrogen-bond donors (Lipinski definition) is 0. The molecule has 0 amide bonds. The summed E-state index contributed by atoms with van der Waals surface area (Å²) < 4.78 is 5.72. The van der Waals surface area contributed by atoms with Gasteiger partial charge in [0.15, 0.2) is 0 Å². The third-order valence-corrected chi connectivity index (χ3v) is 6.36. The molecule has 1 atom stereocenters. The number of hydrogen-bond acceptors (Lipinski definition) is 1. The standard InChI is InChI=1S/C12H18OSi/c1-4-5-11-14(3,13-2)12-9-7-6-8-10-12/h4,6-10H,1,5,11H2,2-3H3. The van der Waals surface area contributed by atoms with Crippen molar-refractivity contribution in [2.75, 3.05) is 7.11 Å². The van der Waals surface area contributed by atoms with E-state index in [-0.39, 0.29) is 0 Å². The van der Waals surface area contributed by atoms with E-state index in [9.17, 15) is 0 Å². The molecule has 1 aromatic carbocycles. The second-order valence-corrected chi connectivity index (χ2v) is 7.58. The SMILES string of the molecule is C=CCC[Si](C)(OC)c1ccccc1. The molecule has 0 aliphatic heterocycles. The topological polar surface area (TPSA) is 9.23 Å². The molecule has 14 heavy (non-hydrogen) atoms. The maximum absolute atomic E-state index is 5.72. The van der Waals surface area contributed by atoms with Crippen LogP contribution in [0.4, 0.5) is 0 Å². The molecule has 0 saturated carbocycles. The van der Waals surface area contributed by atoms with Crippen LogP contribution in [0, 0.1) is 0 Å². The van der Waals surface area contributed by atoms with Gasteiger partial charge in [0.05, 0.1) is 0 Å². The quantitative estimate of drug-likeness (QED) is 0.531. The van der Waals surface area contributed by atoms with Crippen molar-refractivity contribution in [2.45, 2.75) is 19.0 Å². The van der Waals surface area contributed by atoms with Gasteiger partial charge in [-0.2, -0.15) is 0 Å². The molecule has 0 aliphatic carbocycles. The third-order valence-electron chi connectivity index (χ3n) is 2.66. The van der Waals surface area contributed by atoms with Gasteiger partial charge >= 0.3 is 0 Å². The first-order valence-electron chi connectivity index (χ1n) is 4.94. The molecule has 2 heteroatoms. The molecule has 0 saturated heterocycles. The van der Waals surface area contributed by atoms with Crippen molar-refractivity contribution in [3.05, 3.63) is 43.0 Å². The van der Waals surface area contributed by atoms with Gasteiger partial charge in [-0.1, -0.05) is 36.4 Å². The van der Waals surface area contributed by atoms with Crippen molar-refractivity contribution >= 4 is 13.5 Å². The molecule has 0 aromatic heterocycles. The maximum Gasteiger partial charge on any atom is 0.220 e. The van der Waals surface area contributed by atoms with E-state index in [4.69, 9.17) is 4.43 Å². The van der Waals surface area contributed by atoms with Gasteiger partial charge in [0.2, 0.25) is 8.32 Å². The normalized spacial score (nSPS) is 14.7. The van der Waals surface area contributed by atoms with Crippen LogP contribution in [0.15, 0.2) is 43.0 Å². The average Bonchev–Trinajstić information content (AvgIpc) is 2.27. The highest BCUT2D eigenvalue weighted by atomic mass is 28.4. The lowest BCUT2D eigenvalue weighted by molar-refractivity contribution is 0.409. The second kappa shape index (κ2) is 5.13. The fourth-order valence-electron chi connectivity index (χ4n) is 1.53. The fraction of sp³-hybridized carbons (Fsp3) is 0.333. The van der Waals surface area contributed by atoms with Gasteiger partial charge in [-0.05, 0) is 24.2 Å². The minimum Gasteiger partial charge on any atom is -0.416 e. The average molecular weight is 206 g/mol. The summed E-state index contributed by atoms with van der Waals surface area (Å²) in [6, 6.07) is 11.6. The minimum atomic E-state index is -1.69. The predicted octanol–water partition coefficient (Wildman–Crippen LogP) is 2.69. The Hall–Kier alpha value is -0.863. The third kappa shape index (κ3) is 2.56. The largest absolute Gasteiger partial charge is 0.416 e. The highest BCUT2D eigenvalue weighted by molar-refractivity contribution is 6.85. The highest BCUT2D eigenvalue weighted by Gasteiger charge is 2.28. The van der Waals surface area contributed by atoms with E-state index < -0.39 is 8.32 Å². The molecule has 1 aromatic rings. The monoisotopic (exact) mass is 206 g/mol. The Kier molecular flexibility index (Phi) is 4.11. The zero-order chi connectivity index (χ0) is 10.4. The fourth-order valence-corrected chi connectivity index (χ4v) is 3.91. The van der Waals surface area contributed by atoms with E-state index in [2.05, 4.69) is 37.4 Å². The van der Waals surface area contributed by atoms with Gasteiger partial charge in [-0.3, -0.25) is 0 Å². The van der Waals surface area contributed by atoms with E-state index in [0.717, 1.165) is 12.5 Å². The summed E-state index contributed by atoms with van der Waals surface area (Å²) in [4.78, 5) is 0. The molecule has 0 radical (unpaired) electrons. The molecule has 1 unspecified atom stereocenters. The molecule has 0 spiro atoms. The zero-order valence-corrected chi connectivity index (χ0v) is 9.99. The van der Waals surface area contributed by atoms with Gasteiger partial charge in [-0.15, -0.1) is 6.58 Å². The van der Waals surface area contributed by atoms with Gasteiger partial charge in [0.1, 0.15) is 0 Å². The van der Waals surface area contributed by atoms with Crippen LogP contribution in [0.2, 0.25) is 12.6 Å². The zero-order valence-electron chi connectivity index (χ0n) is 8.99. The van der Waals surface area contributed by atoms with Crippen LogP contribution in [0.25, 0.3) is 0 Å². The van der Waals surface area contributed by atoms with Gasteiger partial charge in [0, 0.05) is 7.11 Å². The Labute approximate surface area is 87.5 Å². The summed E-state index contributed by atoms with van der Waals surface area (Å²) in [5.74, 6) is 0. The molecular formula is C12H18OSi.